The van der Waals surface area contributed by atoms with Gasteiger partial charge in [-0.2, -0.15) is 0 Å². The lowest BCUT2D eigenvalue weighted by molar-refractivity contribution is 0.186. The summed E-state index contributed by atoms with van der Waals surface area (Å²) in [4.78, 5) is 9.22. The molecule has 4 unspecified atom stereocenters. The minimum Gasteiger partial charge on any atom is -0.308 e. The summed E-state index contributed by atoms with van der Waals surface area (Å²) >= 11 is 12.4. The van der Waals surface area contributed by atoms with Crippen LogP contribution in [-0.2, 0) is 0 Å². The minimum atomic E-state index is -0.137. The van der Waals surface area contributed by atoms with Crippen LogP contribution in [0.3, 0.4) is 0 Å². The summed E-state index contributed by atoms with van der Waals surface area (Å²) in [6.45, 7) is 6.64. The molecule has 0 spiro atoms. The summed E-state index contributed by atoms with van der Waals surface area (Å²) in [5.74, 6) is 2.22. The van der Waals surface area contributed by atoms with E-state index in [0.29, 0.717) is 22.9 Å². The first kappa shape index (κ1) is 15.1. The fourth-order valence-corrected chi connectivity index (χ4v) is 3.81. The first-order valence-electron chi connectivity index (χ1n) is 7.66. The van der Waals surface area contributed by atoms with E-state index in [0.717, 1.165) is 23.4 Å². The van der Waals surface area contributed by atoms with Crippen molar-refractivity contribution in [3.8, 4) is 0 Å². The van der Waals surface area contributed by atoms with Crippen molar-refractivity contribution < 1.29 is 0 Å². The normalized spacial score (nSPS) is 28.0. The second kappa shape index (κ2) is 5.77. The molecule has 114 valence electrons. The van der Waals surface area contributed by atoms with Gasteiger partial charge in [-0.25, -0.2) is 9.97 Å². The molecule has 1 saturated carbocycles. The number of fused-ring (bicyclic) bond motifs is 1. The number of nitrogens with zero attached hydrogens (tertiary/aromatic N) is 3. The van der Waals surface area contributed by atoms with Crippen LogP contribution < -0.4 is 0 Å². The summed E-state index contributed by atoms with van der Waals surface area (Å²) < 4.78 is 2.27. The minimum absolute atomic E-state index is 0.137. The maximum absolute atomic E-state index is 6.38. The molecule has 0 aliphatic heterocycles. The molecule has 0 radical (unpaired) electrons. The molecule has 3 nitrogen and oxygen atoms in total. The molecule has 3 rings (SSSR count). The van der Waals surface area contributed by atoms with Gasteiger partial charge in [0.15, 0.2) is 5.65 Å². The topological polar surface area (TPSA) is 30.7 Å². The Kier molecular flexibility index (Phi) is 4.15. The monoisotopic (exact) mass is 325 g/mol. The first-order chi connectivity index (χ1) is 9.99. The van der Waals surface area contributed by atoms with Gasteiger partial charge < -0.3 is 4.57 Å². The lowest BCUT2D eigenvalue weighted by Crippen LogP contribution is -2.28. The smallest absolute Gasteiger partial charge is 0.160 e. The molecular formula is C16H21Cl2N3. The van der Waals surface area contributed by atoms with E-state index in [4.69, 9.17) is 28.2 Å². The Balaban J connectivity index is 2.17. The molecular weight excluding hydrogens is 305 g/mol. The average molecular weight is 326 g/mol. The maximum Gasteiger partial charge on any atom is 0.160 e. The van der Waals surface area contributed by atoms with Gasteiger partial charge in [-0.05, 0) is 31.2 Å². The van der Waals surface area contributed by atoms with Gasteiger partial charge in [-0.1, -0.05) is 38.3 Å². The SMILES string of the molecule is CC(Cl)c1nc2cc(Cl)cnc2n1C1CCCC(C)C1C. The van der Waals surface area contributed by atoms with Gasteiger partial charge in [0, 0.05) is 12.2 Å². The van der Waals surface area contributed by atoms with Crippen LogP contribution in [0.2, 0.25) is 5.02 Å². The van der Waals surface area contributed by atoms with E-state index in [9.17, 15) is 0 Å². The number of aromatic nitrogens is 3. The summed E-state index contributed by atoms with van der Waals surface area (Å²) in [5, 5.41) is 0.480. The van der Waals surface area contributed by atoms with Gasteiger partial charge in [-0.3, -0.25) is 0 Å². The molecule has 0 bridgehead atoms. The summed E-state index contributed by atoms with van der Waals surface area (Å²) in [6.07, 6.45) is 5.41. The third-order valence-corrected chi connectivity index (χ3v) is 5.28. The number of alkyl halides is 1. The second-order valence-electron chi connectivity index (χ2n) is 6.29. The largest absolute Gasteiger partial charge is 0.308 e. The zero-order valence-corrected chi connectivity index (χ0v) is 14.2. The van der Waals surface area contributed by atoms with Gasteiger partial charge in [0.2, 0.25) is 0 Å². The summed E-state index contributed by atoms with van der Waals surface area (Å²) in [7, 11) is 0. The molecule has 2 heterocycles. The first-order valence-corrected chi connectivity index (χ1v) is 8.48. The van der Waals surface area contributed by atoms with E-state index in [1.165, 1.54) is 12.8 Å². The Labute approximate surface area is 135 Å². The molecule has 2 aromatic rings. The van der Waals surface area contributed by atoms with Gasteiger partial charge in [0.1, 0.15) is 11.3 Å². The van der Waals surface area contributed by atoms with Crippen LogP contribution in [0.1, 0.15) is 57.3 Å². The van der Waals surface area contributed by atoms with E-state index in [2.05, 4.69) is 23.4 Å². The molecule has 4 atom stereocenters. The van der Waals surface area contributed by atoms with Crippen molar-refractivity contribution in [3.63, 3.8) is 0 Å². The fraction of sp³-hybridized carbons (Fsp3) is 0.625. The van der Waals surface area contributed by atoms with Crippen LogP contribution >= 0.6 is 23.2 Å². The Morgan fingerprint density at radius 2 is 2.10 bits per heavy atom. The second-order valence-corrected chi connectivity index (χ2v) is 7.38. The lowest BCUT2D eigenvalue weighted by atomic mass is 9.78. The van der Waals surface area contributed by atoms with E-state index >= 15 is 0 Å². The molecule has 5 heteroatoms. The fourth-order valence-electron chi connectivity index (χ4n) is 3.50. The van der Waals surface area contributed by atoms with Crippen molar-refractivity contribution in [1.29, 1.82) is 0 Å². The Morgan fingerprint density at radius 1 is 1.33 bits per heavy atom. The number of imidazole rings is 1. The number of hydrogen-bond donors (Lipinski definition) is 0. The van der Waals surface area contributed by atoms with E-state index in [1.54, 1.807) is 6.20 Å². The van der Waals surface area contributed by atoms with Crippen LogP contribution in [0.4, 0.5) is 0 Å². The van der Waals surface area contributed by atoms with Gasteiger partial charge >= 0.3 is 0 Å². The highest BCUT2D eigenvalue weighted by atomic mass is 35.5. The molecule has 21 heavy (non-hydrogen) atoms. The summed E-state index contributed by atoms with van der Waals surface area (Å²) in [6, 6.07) is 2.30. The van der Waals surface area contributed by atoms with Crippen LogP contribution in [-0.4, -0.2) is 14.5 Å². The number of halogens is 2. The highest BCUT2D eigenvalue weighted by molar-refractivity contribution is 6.31. The molecule has 0 aromatic carbocycles. The van der Waals surface area contributed by atoms with Gasteiger partial charge in [0.25, 0.3) is 0 Å². The van der Waals surface area contributed by atoms with Crippen molar-refractivity contribution in [2.75, 3.05) is 0 Å². The van der Waals surface area contributed by atoms with Crippen LogP contribution in [0, 0.1) is 11.8 Å². The molecule has 0 N–H and O–H groups in total. The van der Waals surface area contributed by atoms with Gasteiger partial charge in [-0.15, -0.1) is 11.6 Å². The predicted molar refractivity (Wildman–Crippen MR) is 88.0 cm³/mol. The Morgan fingerprint density at radius 3 is 2.81 bits per heavy atom. The van der Waals surface area contributed by atoms with E-state index in [-0.39, 0.29) is 5.38 Å². The van der Waals surface area contributed by atoms with Crippen LogP contribution in [0.25, 0.3) is 11.2 Å². The highest BCUT2D eigenvalue weighted by Gasteiger charge is 2.32. The van der Waals surface area contributed by atoms with Crippen molar-refractivity contribution in [3.05, 3.63) is 23.1 Å². The zero-order chi connectivity index (χ0) is 15.1. The van der Waals surface area contributed by atoms with Crippen molar-refractivity contribution in [2.24, 2.45) is 11.8 Å². The Hall–Kier alpha value is -0.800. The Bertz CT molecular complexity index is 650. The third-order valence-electron chi connectivity index (χ3n) is 4.88. The third kappa shape index (κ3) is 2.66. The van der Waals surface area contributed by atoms with E-state index in [1.807, 2.05) is 13.0 Å². The quantitative estimate of drug-likeness (QED) is 0.694. The number of hydrogen-bond acceptors (Lipinski definition) is 2. The van der Waals surface area contributed by atoms with Crippen LogP contribution in [0.15, 0.2) is 12.3 Å². The molecule has 1 fully saturated rings. The maximum atomic E-state index is 6.38. The van der Waals surface area contributed by atoms with E-state index < -0.39 is 0 Å². The molecule has 0 saturated heterocycles. The van der Waals surface area contributed by atoms with Crippen molar-refractivity contribution in [2.45, 2.75) is 51.5 Å². The zero-order valence-electron chi connectivity index (χ0n) is 12.7. The lowest BCUT2D eigenvalue weighted by Gasteiger charge is -2.36. The molecule has 1 aliphatic carbocycles. The molecule has 0 amide bonds. The predicted octanol–water partition coefficient (Wildman–Crippen LogP) is 5.38. The number of pyridine rings is 1. The van der Waals surface area contributed by atoms with Crippen molar-refractivity contribution >= 4 is 34.4 Å². The number of rotatable bonds is 2. The summed E-state index contributed by atoms with van der Waals surface area (Å²) in [5.41, 5.74) is 1.75. The average Bonchev–Trinajstić information content (AvgIpc) is 2.80. The highest BCUT2D eigenvalue weighted by Crippen LogP contribution is 2.41. The van der Waals surface area contributed by atoms with Gasteiger partial charge in [0.05, 0.1) is 10.4 Å². The standard InChI is InChI=1S/C16H21Cl2N3/c1-9-5-4-6-14(10(9)2)21-15(11(3)17)20-13-7-12(18)8-19-16(13)21/h7-11,14H,4-6H2,1-3H3. The molecule has 2 aromatic heterocycles. The van der Waals surface area contributed by atoms with Crippen LogP contribution in [0.5, 0.6) is 0 Å². The van der Waals surface area contributed by atoms with Crippen molar-refractivity contribution in [1.82, 2.24) is 14.5 Å². The molecule has 1 aliphatic rings.